The molecule has 0 radical (unpaired) electrons. The van der Waals surface area contributed by atoms with Crippen molar-refractivity contribution in [3.05, 3.63) is 15.0 Å². The lowest BCUT2D eigenvalue weighted by molar-refractivity contribution is -0.129. The van der Waals surface area contributed by atoms with E-state index in [-0.39, 0.29) is 12.6 Å². The average Bonchev–Trinajstić information content (AvgIpc) is 2.47. The van der Waals surface area contributed by atoms with E-state index in [1.54, 1.807) is 5.51 Å². The van der Waals surface area contributed by atoms with Crippen LogP contribution in [-0.2, 0) is 9.53 Å². The molecule has 0 bridgehead atoms. The summed E-state index contributed by atoms with van der Waals surface area (Å²) in [5, 5.41) is 0. The summed E-state index contributed by atoms with van der Waals surface area (Å²) in [5.41, 5.74) is 8.06. The van der Waals surface area contributed by atoms with E-state index in [4.69, 9.17) is 5.73 Å². The first-order chi connectivity index (χ1) is 5.75. The highest BCUT2D eigenvalue weighted by Crippen LogP contribution is 2.24. The summed E-state index contributed by atoms with van der Waals surface area (Å²) in [4.78, 5) is 13.9. The minimum absolute atomic E-state index is 0.159. The number of thiazole rings is 1. The van der Waals surface area contributed by atoms with Crippen LogP contribution in [-0.4, -0.2) is 18.1 Å². The zero-order chi connectivity index (χ0) is 8.97. The Balaban J connectivity index is 2.58. The molecule has 6 heteroatoms. The fourth-order valence-electron chi connectivity index (χ4n) is 0.704. The molecule has 0 fully saturated rings. The number of carbonyl (C=O) groups excluding carboxylic acids is 1. The normalized spacial score (nSPS) is 12.5. The quantitative estimate of drug-likeness (QED) is 0.813. The van der Waals surface area contributed by atoms with Crippen LogP contribution in [0.2, 0.25) is 0 Å². The first-order valence-corrected chi connectivity index (χ1v) is 4.82. The fraction of sp³-hybridized carbons (Fsp3) is 0.333. The van der Waals surface area contributed by atoms with Crippen molar-refractivity contribution < 1.29 is 9.53 Å². The summed E-state index contributed by atoms with van der Waals surface area (Å²) in [6.45, 7) is 0.534. The highest BCUT2D eigenvalue weighted by atomic mass is 79.9. The van der Waals surface area contributed by atoms with Gasteiger partial charge in [-0.3, -0.25) is 4.79 Å². The smallest absolute Gasteiger partial charge is 0.293 e. The Kier molecular flexibility index (Phi) is 3.64. The van der Waals surface area contributed by atoms with Gasteiger partial charge in [0, 0.05) is 0 Å². The molecule has 4 nitrogen and oxygen atoms in total. The van der Waals surface area contributed by atoms with Crippen molar-refractivity contribution in [2.24, 2.45) is 5.73 Å². The van der Waals surface area contributed by atoms with Crippen LogP contribution in [0, 0.1) is 0 Å². The van der Waals surface area contributed by atoms with Crippen molar-refractivity contribution in [2.45, 2.75) is 6.04 Å². The number of nitrogens with two attached hydrogens (primary N) is 1. The highest BCUT2D eigenvalue weighted by Gasteiger charge is 2.12. The molecule has 0 aromatic carbocycles. The van der Waals surface area contributed by atoms with Gasteiger partial charge in [0.25, 0.3) is 6.47 Å². The Labute approximate surface area is 81.9 Å². The van der Waals surface area contributed by atoms with E-state index in [1.807, 2.05) is 0 Å². The molecule has 1 aromatic rings. The van der Waals surface area contributed by atoms with E-state index in [9.17, 15) is 4.79 Å². The summed E-state index contributed by atoms with van der Waals surface area (Å²) in [7, 11) is 0. The topological polar surface area (TPSA) is 65.2 Å². The maximum absolute atomic E-state index is 9.86. The van der Waals surface area contributed by atoms with Gasteiger partial charge in [-0.2, -0.15) is 0 Å². The molecule has 1 aromatic heterocycles. The van der Waals surface area contributed by atoms with Crippen molar-refractivity contribution in [2.75, 3.05) is 6.61 Å². The maximum atomic E-state index is 9.86. The first-order valence-electron chi connectivity index (χ1n) is 3.15. The van der Waals surface area contributed by atoms with Crippen molar-refractivity contribution in [3.63, 3.8) is 0 Å². The van der Waals surface area contributed by atoms with E-state index in [0.717, 1.165) is 9.48 Å². The molecular formula is C6H7BrN2O2S. The van der Waals surface area contributed by atoms with Crippen LogP contribution in [0.25, 0.3) is 0 Å². The monoisotopic (exact) mass is 250 g/mol. The van der Waals surface area contributed by atoms with Gasteiger partial charge in [-0.1, -0.05) is 0 Å². The van der Waals surface area contributed by atoms with Gasteiger partial charge in [-0.15, -0.1) is 11.3 Å². The summed E-state index contributed by atoms with van der Waals surface area (Å²) in [6.07, 6.45) is 0. The lowest BCUT2D eigenvalue weighted by atomic mass is 10.3. The Morgan fingerprint density at radius 2 is 2.67 bits per heavy atom. The number of nitrogens with zero attached hydrogens (tertiary/aromatic N) is 1. The SMILES string of the molecule is NC(COC=O)c1ncsc1Br. The Morgan fingerprint density at radius 1 is 1.92 bits per heavy atom. The van der Waals surface area contributed by atoms with Gasteiger partial charge in [0.05, 0.1) is 21.0 Å². The van der Waals surface area contributed by atoms with E-state index in [1.165, 1.54) is 11.3 Å². The van der Waals surface area contributed by atoms with E-state index in [2.05, 4.69) is 25.7 Å². The van der Waals surface area contributed by atoms with Gasteiger partial charge >= 0.3 is 0 Å². The second kappa shape index (κ2) is 4.54. The van der Waals surface area contributed by atoms with Gasteiger partial charge in [0.15, 0.2) is 0 Å². The second-order valence-corrected chi connectivity index (χ2v) is 4.22. The summed E-state index contributed by atoms with van der Waals surface area (Å²) < 4.78 is 5.39. The molecule has 12 heavy (non-hydrogen) atoms. The standard InChI is InChI=1S/C6H7BrN2O2S/c7-6-5(9-2-12-6)4(8)1-11-3-10/h2-4H,1,8H2. The van der Waals surface area contributed by atoms with E-state index in [0.29, 0.717) is 6.47 Å². The predicted molar refractivity (Wildman–Crippen MR) is 48.8 cm³/mol. The number of carbonyl (C=O) groups is 1. The van der Waals surface area contributed by atoms with Crippen LogP contribution in [0.1, 0.15) is 11.7 Å². The van der Waals surface area contributed by atoms with Gasteiger partial charge in [0.1, 0.15) is 6.61 Å². The Bertz CT molecular complexity index is 266. The number of hydrogen-bond donors (Lipinski definition) is 1. The number of aromatic nitrogens is 1. The summed E-state index contributed by atoms with van der Waals surface area (Å²) in [5.74, 6) is 0. The largest absolute Gasteiger partial charge is 0.466 e. The third kappa shape index (κ3) is 2.26. The maximum Gasteiger partial charge on any atom is 0.293 e. The van der Waals surface area contributed by atoms with Crippen molar-refractivity contribution in [1.29, 1.82) is 0 Å². The van der Waals surface area contributed by atoms with Crippen LogP contribution in [0.15, 0.2) is 9.30 Å². The summed E-state index contributed by atoms with van der Waals surface area (Å²) in [6, 6.07) is -0.351. The third-order valence-corrected chi connectivity index (χ3v) is 2.84. The van der Waals surface area contributed by atoms with Gasteiger partial charge in [0.2, 0.25) is 0 Å². The molecular weight excluding hydrogens is 244 g/mol. The number of hydrogen-bond acceptors (Lipinski definition) is 5. The molecule has 1 atom stereocenters. The van der Waals surface area contributed by atoms with Crippen LogP contribution in [0.5, 0.6) is 0 Å². The number of ether oxygens (including phenoxy) is 1. The molecule has 0 aliphatic carbocycles. The van der Waals surface area contributed by atoms with Crippen LogP contribution in [0.4, 0.5) is 0 Å². The Morgan fingerprint density at radius 3 is 3.17 bits per heavy atom. The van der Waals surface area contributed by atoms with Crippen molar-refractivity contribution in [3.8, 4) is 0 Å². The molecule has 0 saturated carbocycles. The zero-order valence-electron chi connectivity index (χ0n) is 6.07. The molecule has 66 valence electrons. The highest BCUT2D eigenvalue weighted by molar-refractivity contribution is 9.11. The predicted octanol–water partition coefficient (Wildman–Crippen LogP) is 1.08. The van der Waals surface area contributed by atoms with Crippen LogP contribution in [0.3, 0.4) is 0 Å². The molecule has 1 unspecified atom stereocenters. The molecule has 1 heterocycles. The van der Waals surface area contributed by atoms with Crippen LogP contribution >= 0.6 is 27.3 Å². The van der Waals surface area contributed by atoms with Gasteiger partial charge in [-0.05, 0) is 15.9 Å². The summed E-state index contributed by atoms with van der Waals surface area (Å²) >= 11 is 4.74. The van der Waals surface area contributed by atoms with Gasteiger partial charge in [-0.25, -0.2) is 4.98 Å². The Hall–Kier alpha value is -0.460. The number of rotatable bonds is 4. The van der Waals surface area contributed by atoms with Gasteiger partial charge < -0.3 is 10.5 Å². The van der Waals surface area contributed by atoms with Crippen molar-refractivity contribution in [1.82, 2.24) is 4.98 Å². The lowest BCUT2D eigenvalue weighted by Gasteiger charge is -2.06. The zero-order valence-corrected chi connectivity index (χ0v) is 8.47. The molecule has 0 aliphatic rings. The second-order valence-electron chi connectivity index (χ2n) is 2.05. The minimum atomic E-state index is -0.351. The molecule has 0 spiro atoms. The molecule has 2 N–H and O–H groups in total. The molecule has 1 rings (SSSR count). The average molecular weight is 251 g/mol. The molecule has 0 aliphatic heterocycles. The third-order valence-electron chi connectivity index (χ3n) is 1.24. The number of halogens is 1. The van der Waals surface area contributed by atoms with Crippen LogP contribution < -0.4 is 5.73 Å². The van der Waals surface area contributed by atoms with Crippen molar-refractivity contribution >= 4 is 33.7 Å². The molecule has 0 amide bonds. The fourth-order valence-corrected chi connectivity index (χ4v) is 1.93. The lowest BCUT2D eigenvalue weighted by Crippen LogP contribution is -2.17. The van der Waals surface area contributed by atoms with E-state index >= 15 is 0 Å². The minimum Gasteiger partial charge on any atom is -0.466 e. The molecule has 0 saturated heterocycles. The first kappa shape index (κ1) is 9.63. The van der Waals surface area contributed by atoms with E-state index < -0.39 is 0 Å².